The summed E-state index contributed by atoms with van der Waals surface area (Å²) >= 11 is 5.91. The maximum Gasteiger partial charge on any atom is 0.109 e. The third kappa shape index (κ3) is 6.67. The highest BCUT2D eigenvalue weighted by atomic mass is 35.5. The monoisotopic (exact) mass is 255 g/mol. The molecule has 1 aromatic carbocycles. The molecule has 2 nitrogen and oxygen atoms in total. The van der Waals surface area contributed by atoms with E-state index in [9.17, 15) is 0 Å². The van der Waals surface area contributed by atoms with Gasteiger partial charge in [-0.2, -0.15) is 0 Å². The first kappa shape index (κ1) is 14.5. The molecule has 0 aliphatic carbocycles. The predicted molar refractivity (Wildman–Crippen MR) is 73.2 cm³/mol. The van der Waals surface area contributed by atoms with E-state index in [1.807, 2.05) is 24.3 Å². The molecule has 1 atom stereocenters. The molecular weight excluding hydrogens is 234 g/mol. The largest absolute Gasteiger partial charge is 0.363 e. The fourth-order valence-corrected chi connectivity index (χ4v) is 1.93. The molecule has 2 N–H and O–H groups in total. The number of nitrogens with two attached hydrogens (primary N) is 1. The van der Waals surface area contributed by atoms with Gasteiger partial charge in [-0.1, -0.05) is 49.9 Å². The SMILES string of the molecule is CCCCCCOC(N)Cc1cccc(Cl)c1. The Balaban J connectivity index is 2.18. The Morgan fingerprint density at radius 1 is 1.29 bits per heavy atom. The summed E-state index contributed by atoms with van der Waals surface area (Å²) in [4.78, 5) is 0. The van der Waals surface area contributed by atoms with E-state index in [-0.39, 0.29) is 6.23 Å². The predicted octanol–water partition coefficient (Wildman–Crippen LogP) is 3.76. The van der Waals surface area contributed by atoms with Crippen molar-refractivity contribution in [1.82, 2.24) is 0 Å². The van der Waals surface area contributed by atoms with Crippen LogP contribution in [-0.2, 0) is 11.2 Å². The Morgan fingerprint density at radius 3 is 2.82 bits per heavy atom. The minimum atomic E-state index is -0.227. The van der Waals surface area contributed by atoms with Gasteiger partial charge in [0.1, 0.15) is 6.23 Å². The van der Waals surface area contributed by atoms with Gasteiger partial charge in [-0.05, 0) is 24.1 Å². The molecule has 17 heavy (non-hydrogen) atoms. The molecule has 0 saturated heterocycles. The molecule has 0 heterocycles. The molecule has 0 aliphatic heterocycles. The van der Waals surface area contributed by atoms with Gasteiger partial charge in [-0.25, -0.2) is 0 Å². The van der Waals surface area contributed by atoms with Gasteiger partial charge in [0.2, 0.25) is 0 Å². The second-order valence-corrected chi connectivity index (χ2v) is 4.74. The molecule has 0 fully saturated rings. The van der Waals surface area contributed by atoms with E-state index in [1.54, 1.807) is 0 Å². The zero-order chi connectivity index (χ0) is 12.5. The summed E-state index contributed by atoms with van der Waals surface area (Å²) in [6.07, 6.45) is 5.32. The topological polar surface area (TPSA) is 35.2 Å². The Hall–Kier alpha value is -0.570. The van der Waals surface area contributed by atoms with Crippen molar-refractivity contribution in [2.75, 3.05) is 6.61 Å². The van der Waals surface area contributed by atoms with Crippen LogP contribution in [0.25, 0.3) is 0 Å². The van der Waals surface area contributed by atoms with E-state index in [4.69, 9.17) is 22.1 Å². The minimum Gasteiger partial charge on any atom is -0.363 e. The van der Waals surface area contributed by atoms with Crippen molar-refractivity contribution >= 4 is 11.6 Å². The molecular formula is C14H22ClNO. The molecule has 0 saturated carbocycles. The van der Waals surface area contributed by atoms with Crippen molar-refractivity contribution in [3.63, 3.8) is 0 Å². The van der Waals surface area contributed by atoms with Gasteiger partial charge in [-0.15, -0.1) is 0 Å². The average Bonchev–Trinajstić information content (AvgIpc) is 2.29. The third-order valence-electron chi connectivity index (χ3n) is 2.66. The highest BCUT2D eigenvalue weighted by Crippen LogP contribution is 2.12. The number of rotatable bonds is 8. The summed E-state index contributed by atoms with van der Waals surface area (Å²) in [5, 5.41) is 0.748. The lowest BCUT2D eigenvalue weighted by Crippen LogP contribution is -2.26. The van der Waals surface area contributed by atoms with Crippen molar-refractivity contribution in [3.05, 3.63) is 34.9 Å². The first-order valence-electron chi connectivity index (χ1n) is 6.34. The van der Waals surface area contributed by atoms with Crippen molar-refractivity contribution in [3.8, 4) is 0 Å². The molecule has 0 radical (unpaired) electrons. The van der Waals surface area contributed by atoms with Crippen LogP contribution in [-0.4, -0.2) is 12.8 Å². The van der Waals surface area contributed by atoms with Crippen molar-refractivity contribution in [2.45, 2.75) is 45.3 Å². The maximum absolute atomic E-state index is 5.91. The number of benzene rings is 1. The lowest BCUT2D eigenvalue weighted by molar-refractivity contribution is 0.0553. The van der Waals surface area contributed by atoms with E-state index < -0.39 is 0 Å². The molecule has 3 heteroatoms. The Labute approximate surface area is 109 Å². The lowest BCUT2D eigenvalue weighted by Gasteiger charge is -2.13. The van der Waals surface area contributed by atoms with E-state index in [1.165, 1.54) is 19.3 Å². The van der Waals surface area contributed by atoms with Gasteiger partial charge < -0.3 is 10.5 Å². The van der Waals surface area contributed by atoms with Crippen LogP contribution in [0.1, 0.15) is 38.2 Å². The molecule has 0 bridgehead atoms. The average molecular weight is 256 g/mol. The Kier molecular flexibility index (Phi) is 7.25. The first-order valence-corrected chi connectivity index (χ1v) is 6.71. The minimum absolute atomic E-state index is 0.227. The Bertz CT molecular complexity index is 317. The van der Waals surface area contributed by atoms with Crippen LogP contribution in [0, 0.1) is 0 Å². The quantitative estimate of drug-likeness (QED) is 0.567. The summed E-state index contributed by atoms with van der Waals surface area (Å²) in [6.45, 7) is 2.95. The summed E-state index contributed by atoms with van der Waals surface area (Å²) < 4.78 is 5.57. The van der Waals surface area contributed by atoms with Gasteiger partial charge in [0.15, 0.2) is 0 Å². The maximum atomic E-state index is 5.91. The van der Waals surface area contributed by atoms with E-state index in [0.29, 0.717) is 6.42 Å². The van der Waals surface area contributed by atoms with Gasteiger partial charge in [-0.3, -0.25) is 0 Å². The molecule has 0 spiro atoms. The number of unbranched alkanes of at least 4 members (excludes halogenated alkanes) is 3. The zero-order valence-corrected chi connectivity index (χ0v) is 11.2. The number of halogens is 1. The third-order valence-corrected chi connectivity index (χ3v) is 2.89. The van der Waals surface area contributed by atoms with Gasteiger partial charge in [0, 0.05) is 18.1 Å². The summed E-state index contributed by atoms with van der Waals surface area (Å²) in [7, 11) is 0. The van der Waals surface area contributed by atoms with Crippen LogP contribution in [0.4, 0.5) is 0 Å². The highest BCUT2D eigenvalue weighted by molar-refractivity contribution is 6.30. The van der Waals surface area contributed by atoms with Crippen LogP contribution in [0.5, 0.6) is 0 Å². The van der Waals surface area contributed by atoms with Gasteiger partial charge in [0.25, 0.3) is 0 Å². The second kappa shape index (κ2) is 8.51. The van der Waals surface area contributed by atoms with Crippen LogP contribution >= 0.6 is 11.6 Å². The molecule has 96 valence electrons. The van der Waals surface area contributed by atoms with E-state index in [2.05, 4.69) is 6.92 Å². The summed E-state index contributed by atoms with van der Waals surface area (Å²) in [5.41, 5.74) is 7.03. The van der Waals surface area contributed by atoms with Crippen LogP contribution in [0.15, 0.2) is 24.3 Å². The van der Waals surface area contributed by atoms with E-state index >= 15 is 0 Å². The molecule has 0 aliphatic rings. The molecule has 1 unspecified atom stereocenters. The standard InChI is InChI=1S/C14H22ClNO/c1-2-3-4-5-9-17-14(16)11-12-7-6-8-13(15)10-12/h6-8,10,14H,2-5,9,11,16H2,1H3. The van der Waals surface area contributed by atoms with Crippen molar-refractivity contribution in [2.24, 2.45) is 5.73 Å². The fraction of sp³-hybridized carbons (Fsp3) is 0.571. The van der Waals surface area contributed by atoms with Crippen LogP contribution < -0.4 is 5.73 Å². The molecule has 1 aromatic rings. The molecule has 1 rings (SSSR count). The summed E-state index contributed by atoms with van der Waals surface area (Å²) in [5.74, 6) is 0. The number of hydrogen-bond acceptors (Lipinski definition) is 2. The van der Waals surface area contributed by atoms with Gasteiger partial charge >= 0.3 is 0 Å². The zero-order valence-electron chi connectivity index (χ0n) is 10.5. The molecule has 0 aromatic heterocycles. The van der Waals surface area contributed by atoms with Crippen molar-refractivity contribution < 1.29 is 4.74 Å². The van der Waals surface area contributed by atoms with E-state index in [0.717, 1.165) is 23.6 Å². The smallest absolute Gasteiger partial charge is 0.109 e. The number of ether oxygens (including phenoxy) is 1. The lowest BCUT2D eigenvalue weighted by atomic mass is 10.1. The normalized spacial score (nSPS) is 12.6. The van der Waals surface area contributed by atoms with Crippen LogP contribution in [0.2, 0.25) is 5.02 Å². The fourth-order valence-electron chi connectivity index (χ4n) is 1.72. The van der Waals surface area contributed by atoms with Gasteiger partial charge in [0.05, 0.1) is 0 Å². The summed E-state index contributed by atoms with van der Waals surface area (Å²) in [6, 6.07) is 7.75. The number of hydrogen-bond donors (Lipinski definition) is 1. The second-order valence-electron chi connectivity index (χ2n) is 4.30. The Morgan fingerprint density at radius 2 is 2.12 bits per heavy atom. The van der Waals surface area contributed by atoms with Crippen LogP contribution in [0.3, 0.4) is 0 Å². The van der Waals surface area contributed by atoms with Crippen molar-refractivity contribution in [1.29, 1.82) is 0 Å². The first-order chi connectivity index (χ1) is 8.22. The highest BCUT2D eigenvalue weighted by Gasteiger charge is 2.04. The molecule has 0 amide bonds.